The molecule has 1 N–H and O–H groups in total. The van der Waals surface area contributed by atoms with Gasteiger partial charge < -0.3 is 5.32 Å². The number of likely N-dealkylation sites (N-methyl/N-ethyl adjacent to an activating group) is 1. The highest BCUT2D eigenvalue weighted by molar-refractivity contribution is 9.11. The van der Waals surface area contributed by atoms with E-state index < -0.39 is 0 Å². The van der Waals surface area contributed by atoms with Crippen LogP contribution in [0.15, 0.2) is 38.6 Å². The van der Waals surface area contributed by atoms with Crippen molar-refractivity contribution in [1.82, 2.24) is 5.32 Å². The number of hydrogen-bond acceptors (Lipinski definition) is 2. The maximum absolute atomic E-state index is 6.27. The van der Waals surface area contributed by atoms with Crippen LogP contribution in [0.1, 0.15) is 16.5 Å². The number of benzene rings is 1. The Balaban J connectivity index is 2.25. The molecule has 1 heterocycles. The van der Waals surface area contributed by atoms with E-state index in [2.05, 4.69) is 55.4 Å². The molecule has 1 unspecified atom stereocenters. The zero-order valence-electron chi connectivity index (χ0n) is 9.71. The molecular formula is C13H12Br2ClNS. The van der Waals surface area contributed by atoms with Crippen molar-refractivity contribution in [2.75, 3.05) is 7.05 Å². The summed E-state index contributed by atoms with van der Waals surface area (Å²) in [5, 5.41) is 4.13. The van der Waals surface area contributed by atoms with Crippen LogP contribution in [-0.4, -0.2) is 7.05 Å². The van der Waals surface area contributed by atoms with E-state index in [0.717, 1.165) is 25.3 Å². The van der Waals surface area contributed by atoms with Gasteiger partial charge in [0.1, 0.15) is 0 Å². The number of hydrogen-bond donors (Lipinski definition) is 1. The van der Waals surface area contributed by atoms with Crippen LogP contribution < -0.4 is 5.32 Å². The quantitative estimate of drug-likeness (QED) is 0.710. The molecule has 1 aromatic heterocycles. The van der Waals surface area contributed by atoms with E-state index in [1.807, 2.05) is 19.2 Å². The second-order valence-corrected chi connectivity index (χ2v) is 7.79. The maximum Gasteiger partial charge on any atom is 0.0701 e. The monoisotopic (exact) mass is 407 g/mol. The highest BCUT2D eigenvalue weighted by atomic mass is 79.9. The Kier molecular flexibility index (Phi) is 5.27. The van der Waals surface area contributed by atoms with Crippen LogP contribution in [0.2, 0.25) is 5.02 Å². The van der Waals surface area contributed by atoms with E-state index in [1.165, 1.54) is 4.88 Å². The van der Waals surface area contributed by atoms with Crippen molar-refractivity contribution in [3.63, 3.8) is 0 Å². The van der Waals surface area contributed by atoms with Gasteiger partial charge in [-0.2, -0.15) is 0 Å². The normalized spacial score (nSPS) is 12.7. The summed E-state index contributed by atoms with van der Waals surface area (Å²) in [5.74, 6) is 0. The first kappa shape index (κ1) is 14.5. The van der Waals surface area contributed by atoms with Gasteiger partial charge in [0.15, 0.2) is 0 Å². The second-order valence-electron chi connectivity index (χ2n) is 3.92. The lowest BCUT2D eigenvalue weighted by Crippen LogP contribution is -2.18. The Labute approximate surface area is 133 Å². The average Bonchev–Trinajstić information content (AvgIpc) is 2.75. The molecular weight excluding hydrogens is 397 g/mol. The largest absolute Gasteiger partial charge is 0.313 e. The first-order chi connectivity index (χ1) is 8.60. The minimum Gasteiger partial charge on any atom is -0.313 e. The van der Waals surface area contributed by atoms with Gasteiger partial charge in [0.05, 0.1) is 3.79 Å². The molecule has 0 aliphatic carbocycles. The molecule has 0 aliphatic heterocycles. The van der Waals surface area contributed by atoms with Gasteiger partial charge in [0.25, 0.3) is 0 Å². The Morgan fingerprint density at radius 3 is 2.67 bits per heavy atom. The van der Waals surface area contributed by atoms with E-state index in [0.29, 0.717) is 0 Å². The predicted molar refractivity (Wildman–Crippen MR) is 86.7 cm³/mol. The molecule has 0 amide bonds. The highest BCUT2D eigenvalue weighted by Crippen LogP contribution is 2.31. The van der Waals surface area contributed by atoms with E-state index in [4.69, 9.17) is 11.6 Å². The summed E-state index contributed by atoms with van der Waals surface area (Å²) in [6.45, 7) is 0. The van der Waals surface area contributed by atoms with Crippen LogP contribution in [0.5, 0.6) is 0 Å². The van der Waals surface area contributed by atoms with Gasteiger partial charge in [-0.25, -0.2) is 0 Å². The molecule has 5 heteroatoms. The van der Waals surface area contributed by atoms with Crippen molar-refractivity contribution in [2.45, 2.75) is 12.5 Å². The molecule has 0 aliphatic rings. The van der Waals surface area contributed by atoms with Crippen molar-refractivity contribution in [3.05, 3.63) is 54.1 Å². The lowest BCUT2D eigenvalue weighted by molar-refractivity contribution is 0.596. The molecule has 0 spiro atoms. The SMILES string of the molecule is CNC(Cc1ccc(Br)s1)c1cc(Br)ccc1Cl. The zero-order valence-corrected chi connectivity index (χ0v) is 14.5. The summed E-state index contributed by atoms with van der Waals surface area (Å²) < 4.78 is 2.21. The first-order valence-corrected chi connectivity index (χ1v) is 8.24. The third-order valence-corrected chi connectivity index (χ3v) is 5.20. The fourth-order valence-corrected chi connectivity index (χ4v) is 3.97. The molecule has 0 bridgehead atoms. The number of rotatable bonds is 4. The molecule has 0 fully saturated rings. The fourth-order valence-electron chi connectivity index (χ4n) is 1.81. The van der Waals surface area contributed by atoms with Crippen molar-refractivity contribution in [2.24, 2.45) is 0 Å². The number of halogens is 3. The van der Waals surface area contributed by atoms with Crippen molar-refractivity contribution >= 4 is 54.8 Å². The minimum absolute atomic E-state index is 0.223. The molecule has 0 saturated carbocycles. The Hall–Kier alpha value is 0.130. The predicted octanol–water partition coefficient (Wildman–Crippen LogP) is 5.43. The molecule has 2 rings (SSSR count). The van der Waals surface area contributed by atoms with Crippen molar-refractivity contribution in [3.8, 4) is 0 Å². The molecule has 1 nitrogen and oxygen atoms in total. The number of nitrogens with one attached hydrogen (secondary N) is 1. The molecule has 1 atom stereocenters. The van der Waals surface area contributed by atoms with E-state index in [9.17, 15) is 0 Å². The topological polar surface area (TPSA) is 12.0 Å². The van der Waals surface area contributed by atoms with Crippen LogP contribution in [0.25, 0.3) is 0 Å². The van der Waals surface area contributed by atoms with Crippen LogP contribution >= 0.6 is 54.8 Å². The van der Waals surface area contributed by atoms with E-state index in [1.54, 1.807) is 11.3 Å². The van der Waals surface area contributed by atoms with Gasteiger partial charge in [0, 0.05) is 26.8 Å². The summed E-state index contributed by atoms with van der Waals surface area (Å²) >= 11 is 15.0. The maximum atomic E-state index is 6.27. The number of thiophene rings is 1. The third kappa shape index (κ3) is 3.58. The van der Waals surface area contributed by atoms with Gasteiger partial charge in [-0.05, 0) is 58.9 Å². The van der Waals surface area contributed by atoms with Gasteiger partial charge in [0.2, 0.25) is 0 Å². The molecule has 1 aromatic carbocycles. The fraction of sp³-hybridized carbons (Fsp3) is 0.231. The molecule has 96 valence electrons. The van der Waals surface area contributed by atoms with Gasteiger partial charge in [-0.3, -0.25) is 0 Å². The Bertz CT molecular complexity index is 542. The van der Waals surface area contributed by atoms with Crippen LogP contribution in [0.3, 0.4) is 0 Å². The van der Waals surface area contributed by atoms with E-state index >= 15 is 0 Å². The van der Waals surface area contributed by atoms with Crippen LogP contribution in [0, 0.1) is 0 Å². The smallest absolute Gasteiger partial charge is 0.0701 e. The molecule has 18 heavy (non-hydrogen) atoms. The zero-order chi connectivity index (χ0) is 13.1. The van der Waals surface area contributed by atoms with Gasteiger partial charge >= 0.3 is 0 Å². The van der Waals surface area contributed by atoms with Gasteiger partial charge in [-0.15, -0.1) is 11.3 Å². The standard InChI is InChI=1S/C13H12Br2ClNS/c1-17-12(7-9-3-5-13(15)18-9)10-6-8(14)2-4-11(10)16/h2-6,12,17H,7H2,1H3. The lowest BCUT2D eigenvalue weighted by atomic mass is 10.0. The van der Waals surface area contributed by atoms with E-state index in [-0.39, 0.29) is 6.04 Å². The Morgan fingerprint density at radius 1 is 1.28 bits per heavy atom. The lowest BCUT2D eigenvalue weighted by Gasteiger charge is -2.17. The van der Waals surface area contributed by atoms with Gasteiger partial charge in [-0.1, -0.05) is 27.5 Å². The molecule has 0 radical (unpaired) electrons. The summed E-state index contributed by atoms with van der Waals surface area (Å²) in [5.41, 5.74) is 1.12. The van der Waals surface area contributed by atoms with Crippen LogP contribution in [0.4, 0.5) is 0 Å². The highest BCUT2D eigenvalue weighted by Gasteiger charge is 2.15. The summed E-state index contributed by atoms with van der Waals surface area (Å²) in [4.78, 5) is 1.33. The molecule has 2 aromatic rings. The summed E-state index contributed by atoms with van der Waals surface area (Å²) in [6, 6.07) is 10.4. The summed E-state index contributed by atoms with van der Waals surface area (Å²) in [7, 11) is 1.96. The van der Waals surface area contributed by atoms with Crippen LogP contribution in [-0.2, 0) is 6.42 Å². The molecule has 0 saturated heterocycles. The van der Waals surface area contributed by atoms with Crippen molar-refractivity contribution in [1.29, 1.82) is 0 Å². The summed E-state index contributed by atoms with van der Waals surface area (Å²) in [6.07, 6.45) is 0.933. The first-order valence-electron chi connectivity index (χ1n) is 5.46. The third-order valence-electron chi connectivity index (χ3n) is 2.72. The second kappa shape index (κ2) is 6.53. The minimum atomic E-state index is 0.223. The van der Waals surface area contributed by atoms with Crippen molar-refractivity contribution < 1.29 is 0 Å². The average molecular weight is 410 g/mol. The Morgan fingerprint density at radius 2 is 2.06 bits per heavy atom.